The Balaban J connectivity index is 2.18. The third-order valence-corrected chi connectivity index (χ3v) is 5.33. The van der Waals surface area contributed by atoms with Crippen LogP contribution in [-0.4, -0.2) is 32.5 Å². The van der Waals surface area contributed by atoms with Crippen LogP contribution in [0.15, 0.2) is 0 Å². The van der Waals surface area contributed by atoms with Gasteiger partial charge in [0.25, 0.3) is 0 Å². The summed E-state index contributed by atoms with van der Waals surface area (Å²) in [5, 5.41) is 3.41. The summed E-state index contributed by atoms with van der Waals surface area (Å²) in [5.41, 5.74) is 0. The first kappa shape index (κ1) is 15.0. The van der Waals surface area contributed by atoms with Gasteiger partial charge in [0, 0.05) is 12.6 Å². The van der Waals surface area contributed by atoms with Crippen LogP contribution in [0.4, 0.5) is 0 Å². The maximum Gasteiger partial charge on any atom is 0.151 e. The highest BCUT2D eigenvalue weighted by Gasteiger charge is 2.18. The maximum absolute atomic E-state index is 11.7. The molecule has 0 amide bonds. The number of nitrogens with one attached hydrogen (secondary N) is 1. The third kappa shape index (κ3) is 6.41. The molecule has 0 bridgehead atoms. The van der Waals surface area contributed by atoms with Crippen LogP contribution in [0.3, 0.4) is 0 Å². The second-order valence-electron chi connectivity index (χ2n) is 5.43. The van der Waals surface area contributed by atoms with Gasteiger partial charge < -0.3 is 5.32 Å². The van der Waals surface area contributed by atoms with E-state index in [1.54, 1.807) is 0 Å². The van der Waals surface area contributed by atoms with Gasteiger partial charge in [-0.15, -0.1) is 0 Å². The Kier molecular flexibility index (Phi) is 6.49. The van der Waals surface area contributed by atoms with E-state index >= 15 is 0 Å². The van der Waals surface area contributed by atoms with Gasteiger partial charge in [-0.3, -0.25) is 0 Å². The highest BCUT2D eigenvalue weighted by molar-refractivity contribution is 7.91. The van der Waals surface area contributed by atoms with Crippen molar-refractivity contribution in [2.24, 2.45) is 5.92 Å². The summed E-state index contributed by atoms with van der Waals surface area (Å²) in [6.07, 6.45) is 6.76. The predicted octanol–water partition coefficient (Wildman–Crippen LogP) is 2.37. The first-order valence-electron chi connectivity index (χ1n) is 6.97. The third-order valence-electron chi connectivity index (χ3n) is 3.59. The SMILES string of the molecule is CCCCS(=O)(=O)CCNC1CCCC(C)C1. The monoisotopic (exact) mass is 261 g/mol. The Labute approximate surface area is 106 Å². The smallest absolute Gasteiger partial charge is 0.151 e. The molecule has 1 saturated carbocycles. The van der Waals surface area contributed by atoms with Crippen molar-refractivity contribution < 1.29 is 8.42 Å². The molecule has 4 heteroatoms. The van der Waals surface area contributed by atoms with E-state index in [1.807, 2.05) is 6.92 Å². The van der Waals surface area contributed by atoms with E-state index in [0.717, 1.165) is 18.8 Å². The topological polar surface area (TPSA) is 46.2 Å². The van der Waals surface area contributed by atoms with Gasteiger partial charge in [-0.05, 0) is 25.2 Å². The van der Waals surface area contributed by atoms with Crippen molar-refractivity contribution >= 4 is 9.84 Å². The van der Waals surface area contributed by atoms with Gasteiger partial charge in [0.1, 0.15) is 0 Å². The Morgan fingerprint density at radius 3 is 2.65 bits per heavy atom. The van der Waals surface area contributed by atoms with Crippen LogP contribution >= 0.6 is 0 Å². The Hall–Kier alpha value is -0.0900. The zero-order valence-corrected chi connectivity index (χ0v) is 12.1. The molecule has 2 atom stereocenters. The lowest BCUT2D eigenvalue weighted by atomic mass is 9.87. The fourth-order valence-corrected chi connectivity index (χ4v) is 3.87. The van der Waals surface area contributed by atoms with Crippen LogP contribution < -0.4 is 5.32 Å². The molecular formula is C13H27NO2S. The van der Waals surface area contributed by atoms with Crippen molar-refractivity contribution in [1.29, 1.82) is 0 Å². The van der Waals surface area contributed by atoms with Crippen LogP contribution in [0.2, 0.25) is 0 Å². The molecule has 1 rings (SSSR count). The summed E-state index contributed by atoms with van der Waals surface area (Å²) in [4.78, 5) is 0. The molecule has 17 heavy (non-hydrogen) atoms. The summed E-state index contributed by atoms with van der Waals surface area (Å²) in [7, 11) is -2.82. The lowest BCUT2D eigenvalue weighted by molar-refractivity contribution is 0.305. The molecular weight excluding hydrogens is 234 g/mol. The molecule has 0 aliphatic heterocycles. The quantitative estimate of drug-likeness (QED) is 0.765. The fraction of sp³-hybridized carbons (Fsp3) is 1.00. The Morgan fingerprint density at radius 1 is 1.24 bits per heavy atom. The predicted molar refractivity (Wildman–Crippen MR) is 73.0 cm³/mol. The van der Waals surface area contributed by atoms with Crippen molar-refractivity contribution in [1.82, 2.24) is 5.32 Å². The number of hydrogen-bond acceptors (Lipinski definition) is 3. The molecule has 0 radical (unpaired) electrons. The van der Waals surface area contributed by atoms with Gasteiger partial charge in [0.05, 0.1) is 11.5 Å². The summed E-state index contributed by atoms with van der Waals surface area (Å²) >= 11 is 0. The first-order chi connectivity index (χ1) is 8.03. The molecule has 1 aliphatic carbocycles. The second kappa shape index (κ2) is 7.37. The highest BCUT2D eigenvalue weighted by atomic mass is 32.2. The van der Waals surface area contributed by atoms with Gasteiger partial charge >= 0.3 is 0 Å². The fourth-order valence-electron chi connectivity index (χ4n) is 2.50. The minimum Gasteiger partial charge on any atom is -0.313 e. The van der Waals surface area contributed by atoms with E-state index in [-0.39, 0.29) is 0 Å². The summed E-state index contributed by atoms with van der Waals surface area (Å²) in [6.45, 7) is 4.94. The molecule has 1 N–H and O–H groups in total. The second-order valence-corrected chi connectivity index (χ2v) is 7.73. The van der Waals surface area contributed by atoms with Crippen LogP contribution in [-0.2, 0) is 9.84 Å². The molecule has 0 aromatic carbocycles. The van der Waals surface area contributed by atoms with Gasteiger partial charge in [-0.25, -0.2) is 8.42 Å². The molecule has 1 fully saturated rings. The zero-order valence-electron chi connectivity index (χ0n) is 11.2. The van der Waals surface area contributed by atoms with E-state index in [1.165, 1.54) is 25.7 Å². The molecule has 0 heterocycles. The van der Waals surface area contributed by atoms with Crippen molar-refractivity contribution in [3.63, 3.8) is 0 Å². The number of sulfone groups is 1. The summed E-state index contributed by atoms with van der Waals surface area (Å²) < 4.78 is 23.3. The summed E-state index contributed by atoms with van der Waals surface area (Å²) in [6, 6.07) is 0.542. The van der Waals surface area contributed by atoms with Crippen molar-refractivity contribution in [2.45, 2.75) is 58.4 Å². The molecule has 0 spiro atoms. The van der Waals surface area contributed by atoms with Crippen molar-refractivity contribution in [2.75, 3.05) is 18.1 Å². The Morgan fingerprint density at radius 2 is 2.00 bits per heavy atom. The van der Waals surface area contributed by atoms with Gasteiger partial charge in [0.2, 0.25) is 0 Å². The van der Waals surface area contributed by atoms with Gasteiger partial charge in [-0.1, -0.05) is 33.1 Å². The van der Waals surface area contributed by atoms with Crippen molar-refractivity contribution in [3.8, 4) is 0 Å². The average Bonchev–Trinajstić information content (AvgIpc) is 2.26. The molecule has 2 unspecified atom stereocenters. The van der Waals surface area contributed by atoms with E-state index in [0.29, 0.717) is 24.1 Å². The number of rotatable bonds is 7. The molecule has 0 saturated heterocycles. The molecule has 3 nitrogen and oxygen atoms in total. The highest BCUT2D eigenvalue weighted by Crippen LogP contribution is 2.23. The minimum atomic E-state index is -2.82. The van der Waals surface area contributed by atoms with E-state index in [4.69, 9.17) is 0 Å². The number of unbranched alkanes of at least 4 members (excludes halogenated alkanes) is 1. The molecule has 0 aromatic rings. The standard InChI is InChI=1S/C13H27NO2S/c1-3-4-9-17(15,16)10-8-14-13-7-5-6-12(2)11-13/h12-14H,3-11H2,1-2H3. The first-order valence-corrected chi connectivity index (χ1v) is 8.79. The largest absolute Gasteiger partial charge is 0.313 e. The lowest BCUT2D eigenvalue weighted by Crippen LogP contribution is -2.36. The van der Waals surface area contributed by atoms with Crippen molar-refractivity contribution in [3.05, 3.63) is 0 Å². The van der Waals surface area contributed by atoms with Gasteiger partial charge in [0.15, 0.2) is 9.84 Å². The maximum atomic E-state index is 11.7. The van der Waals surface area contributed by atoms with Crippen LogP contribution in [0.25, 0.3) is 0 Å². The molecule has 102 valence electrons. The lowest BCUT2D eigenvalue weighted by Gasteiger charge is -2.27. The van der Waals surface area contributed by atoms with E-state index < -0.39 is 9.84 Å². The molecule has 1 aliphatic rings. The average molecular weight is 261 g/mol. The van der Waals surface area contributed by atoms with E-state index in [2.05, 4.69) is 12.2 Å². The normalized spacial score (nSPS) is 26.0. The summed E-state index contributed by atoms with van der Waals surface area (Å²) in [5.74, 6) is 1.45. The van der Waals surface area contributed by atoms with E-state index in [9.17, 15) is 8.42 Å². The van der Waals surface area contributed by atoms with Crippen LogP contribution in [0.5, 0.6) is 0 Å². The van der Waals surface area contributed by atoms with Gasteiger partial charge in [-0.2, -0.15) is 0 Å². The minimum absolute atomic E-state index is 0.303. The number of hydrogen-bond donors (Lipinski definition) is 1. The Bertz CT molecular complexity index is 301. The molecule has 0 aromatic heterocycles. The van der Waals surface area contributed by atoms with Crippen LogP contribution in [0, 0.1) is 5.92 Å². The zero-order chi connectivity index (χ0) is 12.7. The van der Waals surface area contributed by atoms with Crippen LogP contribution in [0.1, 0.15) is 52.4 Å².